The first kappa shape index (κ1) is 8.75. The minimum atomic E-state index is 0.792. The lowest BCUT2D eigenvalue weighted by atomic mass is 10.0. The van der Waals surface area contributed by atoms with Gasteiger partial charge in [-0.15, -0.1) is 0 Å². The molecule has 14 heavy (non-hydrogen) atoms. The topological polar surface area (TPSA) is 38.9 Å². The second-order valence-electron chi connectivity index (χ2n) is 3.31. The van der Waals surface area contributed by atoms with Gasteiger partial charge in [-0.1, -0.05) is 12.1 Å². The Labute approximate surface area is 83.4 Å². The van der Waals surface area contributed by atoms with Crippen molar-refractivity contribution < 1.29 is 0 Å². The zero-order chi connectivity index (χ0) is 9.97. The van der Waals surface area contributed by atoms with E-state index in [-0.39, 0.29) is 0 Å². The van der Waals surface area contributed by atoms with Crippen LogP contribution in [0.4, 0.5) is 5.69 Å². The summed E-state index contributed by atoms with van der Waals surface area (Å²) >= 11 is 0. The number of benzene rings is 1. The number of nitrogen functional groups attached to an aromatic ring is 1. The predicted octanol–water partition coefficient (Wildman–Crippen LogP) is 2.64. The van der Waals surface area contributed by atoms with E-state index in [0.29, 0.717) is 0 Å². The summed E-state index contributed by atoms with van der Waals surface area (Å²) < 4.78 is 0. The molecule has 0 radical (unpaired) electrons. The van der Waals surface area contributed by atoms with Crippen LogP contribution in [0.15, 0.2) is 42.7 Å². The first-order valence-corrected chi connectivity index (χ1v) is 4.54. The first-order valence-electron chi connectivity index (χ1n) is 4.54. The molecule has 1 aromatic carbocycles. The van der Waals surface area contributed by atoms with Crippen LogP contribution < -0.4 is 5.73 Å². The Bertz CT molecular complexity index is 432. The molecule has 2 heteroatoms. The highest BCUT2D eigenvalue weighted by Gasteiger charge is 1.99. The van der Waals surface area contributed by atoms with Gasteiger partial charge in [-0.3, -0.25) is 4.98 Å². The third-order valence-electron chi connectivity index (χ3n) is 2.24. The predicted molar refractivity (Wildman–Crippen MR) is 58.8 cm³/mol. The van der Waals surface area contributed by atoms with Crippen molar-refractivity contribution >= 4 is 5.69 Å². The van der Waals surface area contributed by atoms with Crippen molar-refractivity contribution in [1.82, 2.24) is 4.98 Å². The van der Waals surface area contributed by atoms with Crippen LogP contribution in [0.1, 0.15) is 5.56 Å². The second kappa shape index (κ2) is 3.50. The monoisotopic (exact) mass is 184 g/mol. The Morgan fingerprint density at radius 3 is 2.43 bits per heavy atom. The average molecular weight is 184 g/mol. The zero-order valence-corrected chi connectivity index (χ0v) is 8.07. The number of pyridine rings is 1. The van der Waals surface area contributed by atoms with Crippen LogP contribution >= 0.6 is 0 Å². The Hall–Kier alpha value is -1.83. The van der Waals surface area contributed by atoms with Crippen molar-refractivity contribution in [3.63, 3.8) is 0 Å². The van der Waals surface area contributed by atoms with Gasteiger partial charge in [-0.25, -0.2) is 0 Å². The van der Waals surface area contributed by atoms with Gasteiger partial charge in [0.15, 0.2) is 0 Å². The summed E-state index contributed by atoms with van der Waals surface area (Å²) in [5.41, 5.74) is 9.99. The summed E-state index contributed by atoms with van der Waals surface area (Å²) in [6.45, 7) is 2.05. The number of nitrogens with zero attached hydrogens (tertiary/aromatic N) is 1. The van der Waals surface area contributed by atoms with Crippen LogP contribution in [-0.4, -0.2) is 4.98 Å². The lowest BCUT2D eigenvalue weighted by Crippen LogP contribution is -1.86. The summed E-state index contributed by atoms with van der Waals surface area (Å²) in [5, 5.41) is 0. The highest BCUT2D eigenvalue weighted by Crippen LogP contribution is 2.22. The molecule has 0 spiro atoms. The van der Waals surface area contributed by atoms with Gasteiger partial charge in [0, 0.05) is 18.1 Å². The van der Waals surface area contributed by atoms with E-state index >= 15 is 0 Å². The quantitative estimate of drug-likeness (QED) is 0.692. The van der Waals surface area contributed by atoms with Crippen LogP contribution in [0.25, 0.3) is 11.1 Å². The molecule has 0 aliphatic carbocycles. The van der Waals surface area contributed by atoms with Crippen LogP contribution in [0.5, 0.6) is 0 Å². The summed E-state index contributed by atoms with van der Waals surface area (Å²) in [7, 11) is 0. The van der Waals surface area contributed by atoms with Crippen LogP contribution in [0.2, 0.25) is 0 Å². The fraction of sp³-hybridized carbons (Fsp3) is 0.0833. The molecule has 0 aliphatic heterocycles. The molecule has 0 atom stereocenters. The summed E-state index contributed by atoms with van der Waals surface area (Å²) in [6, 6.07) is 9.89. The van der Waals surface area contributed by atoms with Gasteiger partial charge < -0.3 is 5.73 Å². The fourth-order valence-corrected chi connectivity index (χ4v) is 1.46. The zero-order valence-electron chi connectivity index (χ0n) is 8.07. The lowest BCUT2D eigenvalue weighted by Gasteiger charge is -2.04. The smallest absolute Gasteiger partial charge is 0.0314 e. The van der Waals surface area contributed by atoms with E-state index < -0.39 is 0 Å². The third kappa shape index (κ3) is 1.59. The van der Waals surface area contributed by atoms with E-state index in [9.17, 15) is 0 Å². The van der Waals surface area contributed by atoms with Gasteiger partial charge in [0.05, 0.1) is 0 Å². The molecule has 1 aromatic heterocycles. The molecule has 0 fully saturated rings. The number of hydrogen-bond acceptors (Lipinski definition) is 2. The minimum Gasteiger partial charge on any atom is -0.399 e. The molecule has 2 aromatic rings. The third-order valence-corrected chi connectivity index (χ3v) is 2.24. The highest BCUT2D eigenvalue weighted by molar-refractivity contribution is 5.67. The average Bonchev–Trinajstić information content (AvgIpc) is 2.20. The summed E-state index contributed by atoms with van der Waals surface area (Å²) in [6.07, 6.45) is 3.67. The van der Waals surface area contributed by atoms with E-state index in [0.717, 1.165) is 5.69 Å². The SMILES string of the molecule is Cc1cnccc1-c1ccc(N)cc1. The van der Waals surface area contributed by atoms with Crippen molar-refractivity contribution in [3.05, 3.63) is 48.3 Å². The molecule has 0 amide bonds. The Kier molecular flexibility index (Phi) is 2.19. The van der Waals surface area contributed by atoms with Gasteiger partial charge in [-0.05, 0) is 41.8 Å². The largest absolute Gasteiger partial charge is 0.399 e. The van der Waals surface area contributed by atoms with E-state index in [1.807, 2.05) is 36.5 Å². The van der Waals surface area contributed by atoms with Gasteiger partial charge >= 0.3 is 0 Å². The molecule has 0 bridgehead atoms. The van der Waals surface area contributed by atoms with Crippen molar-refractivity contribution in [3.8, 4) is 11.1 Å². The molecule has 0 saturated heterocycles. The van der Waals surface area contributed by atoms with Crippen LogP contribution in [0.3, 0.4) is 0 Å². The maximum absolute atomic E-state index is 5.63. The Balaban J connectivity index is 2.50. The summed E-state index contributed by atoms with van der Waals surface area (Å²) in [4.78, 5) is 4.06. The van der Waals surface area contributed by atoms with Gasteiger partial charge in [0.1, 0.15) is 0 Å². The molecule has 70 valence electrons. The molecular formula is C12H12N2. The van der Waals surface area contributed by atoms with Crippen molar-refractivity contribution in [1.29, 1.82) is 0 Å². The molecule has 1 heterocycles. The van der Waals surface area contributed by atoms with Crippen molar-refractivity contribution in [2.24, 2.45) is 0 Å². The summed E-state index contributed by atoms with van der Waals surface area (Å²) in [5.74, 6) is 0. The Morgan fingerprint density at radius 2 is 1.79 bits per heavy atom. The molecular weight excluding hydrogens is 172 g/mol. The molecule has 0 unspecified atom stereocenters. The van der Waals surface area contributed by atoms with E-state index in [4.69, 9.17) is 5.73 Å². The van der Waals surface area contributed by atoms with Gasteiger partial charge in [0.25, 0.3) is 0 Å². The van der Waals surface area contributed by atoms with E-state index in [1.165, 1.54) is 16.7 Å². The lowest BCUT2D eigenvalue weighted by molar-refractivity contribution is 1.27. The molecule has 0 aliphatic rings. The van der Waals surface area contributed by atoms with Crippen LogP contribution in [-0.2, 0) is 0 Å². The number of nitrogens with two attached hydrogens (primary N) is 1. The molecule has 0 saturated carbocycles. The molecule has 2 N–H and O–H groups in total. The highest BCUT2D eigenvalue weighted by atomic mass is 14.6. The van der Waals surface area contributed by atoms with E-state index in [2.05, 4.69) is 11.9 Å². The number of aryl methyl sites for hydroxylation is 1. The maximum Gasteiger partial charge on any atom is 0.0314 e. The first-order chi connectivity index (χ1) is 6.77. The molecule has 2 rings (SSSR count). The van der Waals surface area contributed by atoms with E-state index in [1.54, 1.807) is 6.20 Å². The molecule has 2 nitrogen and oxygen atoms in total. The fourth-order valence-electron chi connectivity index (χ4n) is 1.46. The van der Waals surface area contributed by atoms with Crippen molar-refractivity contribution in [2.45, 2.75) is 6.92 Å². The minimum absolute atomic E-state index is 0.792. The second-order valence-corrected chi connectivity index (χ2v) is 3.31. The number of rotatable bonds is 1. The normalized spacial score (nSPS) is 10.1. The number of hydrogen-bond donors (Lipinski definition) is 1. The van der Waals surface area contributed by atoms with Crippen LogP contribution in [0, 0.1) is 6.92 Å². The standard InChI is InChI=1S/C12H12N2/c1-9-8-14-7-6-12(9)10-2-4-11(13)5-3-10/h2-8H,13H2,1H3. The number of aromatic nitrogens is 1. The Morgan fingerprint density at radius 1 is 1.07 bits per heavy atom. The van der Waals surface area contributed by atoms with Gasteiger partial charge in [-0.2, -0.15) is 0 Å². The maximum atomic E-state index is 5.63. The van der Waals surface area contributed by atoms with Gasteiger partial charge in [0.2, 0.25) is 0 Å². The number of anilines is 1. The van der Waals surface area contributed by atoms with Crippen molar-refractivity contribution in [2.75, 3.05) is 5.73 Å².